The Morgan fingerprint density at radius 3 is 2.00 bits per heavy atom. The summed E-state index contributed by atoms with van der Waals surface area (Å²) in [4.78, 5) is 65.8. The van der Waals surface area contributed by atoms with Gasteiger partial charge in [-0.25, -0.2) is 0 Å². The van der Waals surface area contributed by atoms with Crippen LogP contribution >= 0.6 is 0 Å². The number of benzene rings is 2. The minimum Gasteiger partial charge on any atom is -0.391 e. The Kier molecular flexibility index (Phi) is 13.9. The number of amides is 4. The maximum Gasteiger partial charge on any atom is 0.290 e. The summed E-state index contributed by atoms with van der Waals surface area (Å²) in [5, 5.41) is 31.0. The molecule has 1 aliphatic rings. The molecule has 4 atom stereocenters. The molecule has 13 nitrogen and oxygen atoms in total. The van der Waals surface area contributed by atoms with Crippen molar-refractivity contribution >= 4 is 35.4 Å². The van der Waals surface area contributed by atoms with Crippen LogP contribution in [0, 0.1) is 5.41 Å². The summed E-state index contributed by atoms with van der Waals surface area (Å²) in [6.07, 6.45) is 1.70. The summed E-state index contributed by atoms with van der Waals surface area (Å²) in [6, 6.07) is 15.1. The molecule has 1 aliphatic carbocycles. The average Bonchev–Trinajstić information content (AvgIpc) is 3.78. The summed E-state index contributed by atoms with van der Waals surface area (Å²) < 4.78 is 0. The van der Waals surface area contributed by atoms with Crippen molar-refractivity contribution in [2.24, 2.45) is 5.73 Å². The Hall–Kier alpha value is -4.78. The predicted octanol–water partition coefficient (Wildman–Crippen LogP) is 0.588. The third-order valence-corrected chi connectivity index (χ3v) is 8.02. The van der Waals surface area contributed by atoms with E-state index in [0.29, 0.717) is 12.8 Å². The first-order valence-corrected chi connectivity index (χ1v) is 16.0. The SMILES string of the molecule is C[C@@H](O)[C@H](NC(=O)[C@H](CCc1ccccc1)NC(=O)CCc1ccccc1)C(=O)N[C@@H](CCCNC(=N)N)C(=O)C(=O)NC1(C)CC1. The fourth-order valence-corrected chi connectivity index (χ4v) is 4.92. The Labute approximate surface area is 275 Å². The van der Waals surface area contributed by atoms with E-state index in [0.717, 1.165) is 24.0 Å². The van der Waals surface area contributed by atoms with E-state index in [1.54, 1.807) is 0 Å². The van der Waals surface area contributed by atoms with Crippen LogP contribution in [-0.2, 0) is 36.8 Å². The van der Waals surface area contributed by atoms with E-state index in [4.69, 9.17) is 11.1 Å². The van der Waals surface area contributed by atoms with Crippen LogP contribution in [0.15, 0.2) is 60.7 Å². The molecule has 0 aliphatic heterocycles. The number of aliphatic hydroxyl groups excluding tert-OH is 1. The summed E-state index contributed by atoms with van der Waals surface area (Å²) in [5.41, 5.74) is 6.78. The predicted molar refractivity (Wildman–Crippen MR) is 177 cm³/mol. The topological polar surface area (TPSA) is 216 Å². The Morgan fingerprint density at radius 1 is 0.851 bits per heavy atom. The molecule has 4 amide bonds. The van der Waals surface area contributed by atoms with Crippen molar-refractivity contribution in [2.75, 3.05) is 6.54 Å². The molecule has 0 radical (unpaired) electrons. The number of rotatable bonds is 19. The van der Waals surface area contributed by atoms with Gasteiger partial charge in [0, 0.05) is 18.5 Å². The number of carbonyl (C=O) groups is 5. The first-order valence-electron chi connectivity index (χ1n) is 16.0. The lowest BCUT2D eigenvalue weighted by molar-refractivity contribution is -0.141. The molecule has 3 rings (SSSR count). The first-order chi connectivity index (χ1) is 22.4. The van der Waals surface area contributed by atoms with Crippen molar-refractivity contribution in [3.05, 3.63) is 71.8 Å². The van der Waals surface area contributed by atoms with Crippen LogP contribution < -0.4 is 32.3 Å². The molecule has 0 saturated heterocycles. The number of aliphatic hydroxyl groups is 1. The fraction of sp³-hybridized carbons (Fsp3) is 0.471. The Balaban J connectivity index is 1.70. The number of hydrogen-bond donors (Lipinski definition) is 8. The molecule has 1 saturated carbocycles. The van der Waals surface area contributed by atoms with Gasteiger partial charge in [0.25, 0.3) is 5.91 Å². The van der Waals surface area contributed by atoms with Crippen molar-refractivity contribution in [1.82, 2.24) is 26.6 Å². The molecule has 9 N–H and O–H groups in total. The fourth-order valence-electron chi connectivity index (χ4n) is 4.92. The smallest absolute Gasteiger partial charge is 0.290 e. The lowest BCUT2D eigenvalue weighted by Crippen LogP contribution is -2.60. The molecule has 0 spiro atoms. The van der Waals surface area contributed by atoms with E-state index in [2.05, 4.69) is 26.6 Å². The Morgan fingerprint density at radius 2 is 1.45 bits per heavy atom. The number of nitrogens with one attached hydrogen (secondary N) is 6. The number of hydrogen-bond acceptors (Lipinski definition) is 7. The molecule has 0 bridgehead atoms. The Bertz CT molecular complexity index is 1380. The van der Waals surface area contributed by atoms with E-state index < -0.39 is 53.3 Å². The van der Waals surface area contributed by atoms with Gasteiger partial charge in [0.2, 0.25) is 23.5 Å². The van der Waals surface area contributed by atoms with Gasteiger partial charge in [-0.2, -0.15) is 0 Å². The van der Waals surface area contributed by atoms with Gasteiger partial charge in [-0.3, -0.25) is 29.4 Å². The number of Topliss-reactive ketones (excluding diaryl/α,β-unsaturated/α-hetero) is 1. The average molecular weight is 650 g/mol. The normalized spacial score (nSPS) is 15.6. The molecule has 2 aromatic carbocycles. The third-order valence-electron chi connectivity index (χ3n) is 8.02. The van der Waals surface area contributed by atoms with Crippen LogP contribution in [0.2, 0.25) is 0 Å². The van der Waals surface area contributed by atoms with Crippen LogP contribution in [0.5, 0.6) is 0 Å². The molecule has 2 aromatic rings. The van der Waals surface area contributed by atoms with Crippen LogP contribution in [0.25, 0.3) is 0 Å². The third kappa shape index (κ3) is 12.9. The highest BCUT2D eigenvalue weighted by molar-refractivity contribution is 6.38. The van der Waals surface area contributed by atoms with E-state index in [1.807, 2.05) is 67.6 Å². The summed E-state index contributed by atoms with van der Waals surface area (Å²) in [7, 11) is 0. The van der Waals surface area contributed by atoms with Crippen molar-refractivity contribution in [1.29, 1.82) is 5.41 Å². The number of carbonyl (C=O) groups excluding carboxylic acids is 5. The van der Waals surface area contributed by atoms with Gasteiger partial charge in [-0.05, 0) is 69.9 Å². The van der Waals surface area contributed by atoms with Crippen molar-refractivity contribution in [3.63, 3.8) is 0 Å². The van der Waals surface area contributed by atoms with Crippen molar-refractivity contribution < 1.29 is 29.1 Å². The van der Waals surface area contributed by atoms with Gasteiger partial charge < -0.3 is 37.4 Å². The van der Waals surface area contributed by atoms with Gasteiger partial charge in [-0.15, -0.1) is 0 Å². The van der Waals surface area contributed by atoms with E-state index >= 15 is 0 Å². The largest absolute Gasteiger partial charge is 0.391 e. The van der Waals surface area contributed by atoms with Gasteiger partial charge >= 0.3 is 0 Å². The summed E-state index contributed by atoms with van der Waals surface area (Å²) in [5.74, 6) is -3.86. The van der Waals surface area contributed by atoms with Crippen LogP contribution in [0.3, 0.4) is 0 Å². The number of aryl methyl sites for hydroxylation is 2. The lowest BCUT2D eigenvalue weighted by atomic mass is 10.0. The molecular formula is C34H47N7O6. The van der Waals surface area contributed by atoms with E-state index in [-0.39, 0.29) is 44.1 Å². The summed E-state index contributed by atoms with van der Waals surface area (Å²) in [6.45, 7) is 3.35. The highest BCUT2D eigenvalue weighted by atomic mass is 16.3. The molecule has 13 heteroatoms. The van der Waals surface area contributed by atoms with Gasteiger partial charge in [-0.1, -0.05) is 60.7 Å². The second-order valence-electron chi connectivity index (χ2n) is 12.3. The zero-order valence-corrected chi connectivity index (χ0v) is 27.0. The molecule has 254 valence electrons. The monoisotopic (exact) mass is 649 g/mol. The minimum absolute atomic E-state index is 0.0344. The van der Waals surface area contributed by atoms with E-state index in [9.17, 15) is 29.1 Å². The van der Waals surface area contributed by atoms with Crippen LogP contribution in [0.1, 0.15) is 63.5 Å². The van der Waals surface area contributed by atoms with Crippen molar-refractivity contribution in [2.45, 2.75) is 95.0 Å². The van der Waals surface area contributed by atoms with Crippen LogP contribution in [-0.4, -0.2) is 76.8 Å². The van der Waals surface area contributed by atoms with Gasteiger partial charge in [0.15, 0.2) is 5.96 Å². The first kappa shape index (κ1) is 36.7. The molecular weight excluding hydrogens is 602 g/mol. The highest BCUT2D eigenvalue weighted by Crippen LogP contribution is 2.34. The van der Waals surface area contributed by atoms with Crippen molar-refractivity contribution in [3.8, 4) is 0 Å². The maximum absolute atomic E-state index is 13.6. The molecule has 1 fully saturated rings. The number of ketones is 1. The molecule has 0 unspecified atom stereocenters. The highest BCUT2D eigenvalue weighted by Gasteiger charge is 2.41. The second kappa shape index (κ2) is 17.8. The second-order valence-corrected chi connectivity index (χ2v) is 12.3. The maximum atomic E-state index is 13.6. The molecule has 0 aromatic heterocycles. The minimum atomic E-state index is -1.49. The zero-order valence-electron chi connectivity index (χ0n) is 27.0. The molecule has 47 heavy (non-hydrogen) atoms. The van der Waals surface area contributed by atoms with Gasteiger partial charge in [0.05, 0.1) is 12.1 Å². The zero-order chi connectivity index (χ0) is 34.4. The van der Waals surface area contributed by atoms with E-state index in [1.165, 1.54) is 6.92 Å². The van der Waals surface area contributed by atoms with Crippen LogP contribution in [0.4, 0.5) is 0 Å². The number of nitrogens with two attached hydrogens (primary N) is 1. The van der Waals surface area contributed by atoms with Gasteiger partial charge in [0.1, 0.15) is 12.1 Å². The quantitative estimate of drug-likeness (QED) is 0.0465. The standard InChI is InChI=1S/C34H47N7O6/c1-22(42)28(31(46)39-25(14-9-21-37-33(35)36)29(44)32(47)41-34(2)19-20-34)40-30(45)26(17-15-23-10-5-3-6-11-23)38-27(43)18-16-24-12-7-4-8-13-24/h3-8,10-13,22,25-26,28,42H,9,14-21H2,1-2H3,(H,38,43)(H,39,46)(H,40,45)(H,41,47)(H4,35,36,37)/t22-,25+,26+,28+/m1/s1. The summed E-state index contributed by atoms with van der Waals surface area (Å²) >= 11 is 0. The molecule has 0 heterocycles. The lowest BCUT2D eigenvalue weighted by Gasteiger charge is -2.27. The number of guanidine groups is 1.